The molecule has 1 spiro atoms. The van der Waals surface area contributed by atoms with E-state index >= 15 is 0 Å². The van der Waals surface area contributed by atoms with Gasteiger partial charge in [0.05, 0.1) is 12.1 Å². The molecular formula is C20H26N2O2. The van der Waals surface area contributed by atoms with Crippen molar-refractivity contribution in [1.29, 1.82) is 0 Å². The fraction of sp³-hybridized carbons (Fsp3) is 0.700. The second kappa shape index (κ2) is 4.17. The van der Waals surface area contributed by atoms with E-state index in [1.165, 1.54) is 11.3 Å². The molecule has 5 aliphatic heterocycles. The van der Waals surface area contributed by atoms with Gasteiger partial charge >= 0.3 is 0 Å². The Labute approximate surface area is 143 Å². The number of aliphatic hydroxyl groups excluding tert-OH is 2. The van der Waals surface area contributed by atoms with Crippen LogP contribution < -0.4 is 4.90 Å². The Morgan fingerprint density at radius 1 is 1.21 bits per heavy atom. The van der Waals surface area contributed by atoms with Crippen LogP contribution in [0.2, 0.25) is 0 Å². The molecule has 5 fully saturated rings. The van der Waals surface area contributed by atoms with Crippen molar-refractivity contribution in [3.63, 3.8) is 0 Å². The summed E-state index contributed by atoms with van der Waals surface area (Å²) in [5, 5.41) is 22.6. The molecule has 1 aliphatic carbocycles. The van der Waals surface area contributed by atoms with Gasteiger partial charge in [0.1, 0.15) is 6.23 Å². The van der Waals surface area contributed by atoms with Gasteiger partial charge in [-0.1, -0.05) is 25.1 Å². The van der Waals surface area contributed by atoms with Gasteiger partial charge in [-0.05, 0) is 36.8 Å². The van der Waals surface area contributed by atoms with E-state index in [2.05, 4.69) is 48.0 Å². The molecule has 24 heavy (non-hydrogen) atoms. The SMILES string of the molecule is CC[C@H]1[C@@H]2C[C@H]3[C@@H]4N(C)c5ccccc5[C@]45C[C@@H](C2[C@H]5O)N3[C@@H]1O. The first-order valence-corrected chi connectivity index (χ1v) is 9.57. The molecule has 1 saturated carbocycles. The minimum Gasteiger partial charge on any atom is -0.392 e. The number of rotatable bonds is 1. The van der Waals surface area contributed by atoms with Crippen LogP contribution in [0.3, 0.4) is 0 Å². The third kappa shape index (κ3) is 1.20. The molecule has 0 radical (unpaired) electrons. The Morgan fingerprint density at radius 2 is 2.00 bits per heavy atom. The summed E-state index contributed by atoms with van der Waals surface area (Å²) in [5.74, 6) is 1.14. The standard InChI is InChI=1S/C20H26N2O2/c1-3-10-11-8-14-17-20(12-6-4-5-7-13(12)21(17)2)9-15(16(11)18(20)23)22(14)19(10)24/h4-7,10-11,14-19,23-24H,3,8-9H2,1-2H3/t10-,11-,14-,15-,16?,17-,18+,19+,20+/m0/s1. The van der Waals surface area contributed by atoms with Crippen LogP contribution in [0.1, 0.15) is 31.7 Å². The van der Waals surface area contributed by atoms with Crippen molar-refractivity contribution < 1.29 is 10.2 Å². The first-order valence-electron chi connectivity index (χ1n) is 9.57. The number of hydrogen-bond donors (Lipinski definition) is 2. The van der Waals surface area contributed by atoms with E-state index in [0.717, 1.165) is 19.3 Å². The fourth-order valence-corrected chi connectivity index (χ4v) is 7.88. The minimum atomic E-state index is -0.319. The lowest BCUT2D eigenvalue weighted by molar-refractivity contribution is -0.211. The lowest BCUT2D eigenvalue weighted by Crippen LogP contribution is -2.72. The van der Waals surface area contributed by atoms with Crippen LogP contribution in [0.15, 0.2) is 24.3 Å². The van der Waals surface area contributed by atoms with Crippen LogP contribution in [0, 0.1) is 17.8 Å². The summed E-state index contributed by atoms with van der Waals surface area (Å²) >= 11 is 0. The highest BCUT2D eigenvalue weighted by Crippen LogP contribution is 2.68. The Bertz CT molecular complexity index is 723. The van der Waals surface area contributed by atoms with Crippen molar-refractivity contribution in [3.8, 4) is 0 Å². The van der Waals surface area contributed by atoms with E-state index in [-0.39, 0.29) is 17.7 Å². The van der Waals surface area contributed by atoms with Crippen LogP contribution >= 0.6 is 0 Å². The number of piperidine rings is 4. The van der Waals surface area contributed by atoms with E-state index in [4.69, 9.17) is 0 Å². The summed E-state index contributed by atoms with van der Waals surface area (Å²) in [5.41, 5.74) is 2.51. The molecular weight excluding hydrogens is 300 g/mol. The monoisotopic (exact) mass is 326 g/mol. The van der Waals surface area contributed by atoms with Crippen molar-refractivity contribution in [2.75, 3.05) is 11.9 Å². The Kier molecular flexibility index (Phi) is 2.45. The van der Waals surface area contributed by atoms with Gasteiger partial charge in [-0.15, -0.1) is 0 Å². The van der Waals surface area contributed by atoms with Gasteiger partial charge < -0.3 is 15.1 Å². The number of benzene rings is 1. The van der Waals surface area contributed by atoms with Crippen LogP contribution in [0.5, 0.6) is 0 Å². The summed E-state index contributed by atoms with van der Waals surface area (Å²) < 4.78 is 0. The van der Waals surface area contributed by atoms with E-state index in [9.17, 15) is 10.2 Å². The minimum absolute atomic E-state index is 0.126. The van der Waals surface area contributed by atoms with E-state index in [1.807, 2.05) is 0 Å². The molecule has 7 rings (SSSR count). The van der Waals surface area contributed by atoms with Gasteiger partial charge in [0.25, 0.3) is 0 Å². The van der Waals surface area contributed by atoms with Crippen molar-refractivity contribution in [2.45, 2.75) is 62.1 Å². The van der Waals surface area contributed by atoms with E-state index in [0.29, 0.717) is 35.9 Å². The molecule has 4 nitrogen and oxygen atoms in total. The summed E-state index contributed by atoms with van der Waals surface area (Å²) in [6, 6.07) is 9.70. The second-order valence-electron chi connectivity index (χ2n) is 8.81. The Hall–Kier alpha value is -1.10. The zero-order valence-corrected chi connectivity index (χ0v) is 14.3. The molecule has 4 saturated heterocycles. The van der Waals surface area contributed by atoms with Crippen molar-refractivity contribution in [1.82, 2.24) is 4.90 Å². The number of hydrogen-bond acceptors (Lipinski definition) is 4. The third-order valence-electron chi connectivity index (χ3n) is 8.46. The molecule has 5 heterocycles. The highest BCUT2D eigenvalue weighted by atomic mass is 16.3. The fourth-order valence-electron chi connectivity index (χ4n) is 7.88. The Balaban J connectivity index is 1.60. The molecule has 10 atom stereocenters. The molecule has 6 aliphatic rings. The normalized spacial score (nSPS) is 55.8. The van der Waals surface area contributed by atoms with Crippen molar-refractivity contribution in [2.24, 2.45) is 17.8 Å². The van der Waals surface area contributed by atoms with Gasteiger partial charge in [-0.25, -0.2) is 0 Å². The van der Waals surface area contributed by atoms with Gasteiger partial charge in [-0.2, -0.15) is 0 Å². The molecule has 128 valence electrons. The molecule has 1 aromatic carbocycles. The maximum absolute atomic E-state index is 11.6. The highest BCUT2D eigenvalue weighted by molar-refractivity contribution is 5.67. The maximum atomic E-state index is 11.6. The van der Waals surface area contributed by atoms with E-state index in [1.54, 1.807) is 0 Å². The number of para-hydroxylation sites is 1. The van der Waals surface area contributed by atoms with Crippen LogP contribution in [-0.2, 0) is 5.41 Å². The van der Waals surface area contributed by atoms with Gasteiger partial charge in [-0.3, -0.25) is 4.90 Å². The average molecular weight is 326 g/mol. The first-order chi connectivity index (χ1) is 11.6. The quantitative estimate of drug-likeness (QED) is 0.822. The highest BCUT2D eigenvalue weighted by Gasteiger charge is 2.76. The topological polar surface area (TPSA) is 46.9 Å². The molecule has 0 aromatic heterocycles. The molecule has 2 N–H and O–H groups in total. The number of fused-ring (bicyclic) bond motifs is 2. The van der Waals surface area contributed by atoms with Gasteiger partial charge in [0.2, 0.25) is 0 Å². The summed E-state index contributed by atoms with van der Waals surface area (Å²) in [6.45, 7) is 2.19. The van der Waals surface area contributed by atoms with Crippen LogP contribution in [0.4, 0.5) is 5.69 Å². The lowest BCUT2D eigenvalue weighted by atomic mass is 9.62. The maximum Gasteiger partial charge on any atom is 0.111 e. The zero-order valence-electron chi connectivity index (χ0n) is 14.3. The average Bonchev–Trinajstić information content (AvgIpc) is 2.97. The largest absolute Gasteiger partial charge is 0.392 e. The molecule has 2 unspecified atom stereocenters. The van der Waals surface area contributed by atoms with Crippen LogP contribution in [-0.4, -0.2) is 52.6 Å². The second-order valence-corrected chi connectivity index (χ2v) is 8.81. The molecule has 1 aromatic rings. The molecule has 0 amide bonds. The number of anilines is 1. The van der Waals surface area contributed by atoms with Crippen LogP contribution in [0.25, 0.3) is 0 Å². The smallest absolute Gasteiger partial charge is 0.111 e. The number of aliphatic hydroxyl groups is 2. The summed E-state index contributed by atoms with van der Waals surface area (Å²) in [6.07, 6.45) is 2.56. The number of nitrogens with zero attached hydrogens (tertiary/aromatic N) is 2. The third-order valence-corrected chi connectivity index (χ3v) is 8.46. The molecule has 5 bridgehead atoms. The molecule has 4 heteroatoms. The predicted molar refractivity (Wildman–Crippen MR) is 91.7 cm³/mol. The van der Waals surface area contributed by atoms with Gasteiger partial charge in [0.15, 0.2) is 0 Å². The lowest BCUT2D eigenvalue weighted by Gasteiger charge is -2.62. The Morgan fingerprint density at radius 3 is 2.79 bits per heavy atom. The zero-order chi connectivity index (χ0) is 16.4. The van der Waals surface area contributed by atoms with E-state index < -0.39 is 0 Å². The summed E-state index contributed by atoms with van der Waals surface area (Å²) in [4.78, 5) is 4.83. The summed E-state index contributed by atoms with van der Waals surface area (Å²) in [7, 11) is 2.19. The van der Waals surface area contributed by atoms with Crippen molar-refractivity contribution in [3.05, 3.63) is 29.8 Å². The van der Waals surface area contributed by atoms with Gasteiger partial charge in [0, 0.05) is 42.1 Å². The number of likely N-dealkylation sites (N-methyl/N-ethyl adjacent to an activating group) is 1. The van der Waals surface area contributed by atoms with Crippen molar-refractivity contribution >= 4 is 5.69 Å². The first kappa shape index (κ1) is 14.1. The predicted octanol–water partition coefficient (Wildman–Crippen LogP) is 1.55.